The van der Waals surface area contributed by atoms with E-state index in [0.29, 0.717) is 6.54 Å². The molecule has 0 aliphatic rings. The monoisotopic (exact) mass is 236 g/mol. The molecule has 0 radical (unpaired) electrons. The zero-order chi connectivity index (χ0) is 12.9. The van der Waals surface area contributed by atoms with Gasteiger partial charge in [-0.25, -0.2) is 4.39 Å². The van der Waals surface area contributed by atoms with Gasteiger partial charge in [0.05, 0.1) is 12.2 Å². The molecular weight excluding hydrogens is 219 g/mol. The Kier molecular flexibility index (Phi) is 4.62. The standard InChI is InChI=1S/C13H17FN2O/c1-3-13(2,9-17)16-8-10-4-5-12(14)11(6-10)7-15/h4-6,16-17H,3,8-9H2,1-2H3. The summed E-state index contributed by atoms with van der Waals surface area (Å²) < 4.78 is 13.1. The van der Waals surface area contributed by atoms with Crippen LogP contribution in [0.25, 0.3) is 0 Å². The first-order valence-corrected chi connectivity index (χ1v) is 5.59. The Morgan fingerprint density at radius 3 is 2.76 bits per heavy atom. The first kappa shape index (κ1) is 13.6. The molecule has 0 bridgehead atoms. The van der Waals surface area contributed by atoms with E-state index >= 15 is 0 Å². The first-order chi connectivity index (χ1) is 8.04. The molecule has 0 heterocycles. The van der Waals surface area contributed by atoms with E-state index < -0.39 is 5.82 Å². The van der Waals surface area contributed by atoms with E-state index in [1.54, 1.807) is 6.07 Å². The zero-order valence-electron chi connectivity index (χ0n) is 10.1. The summed E-state index contributed by atoms with van der Waals surface area (Å²) in [5, 5.41) is 21.1. The molecule has 0 aromatic heterocycles. The van der Waals surface area contributed by atoms with Crippen molar-refractivity contribution in [2.24, 2.45) is 0 Å². The van der Waals surface area contributed by atoms with Crippen molar-refractivity contribution in [3.63, 3.8) is 0 Å². The van der Waals surface area contributed by atoms with Gasteiger partial charge in [0, 0.05) is 12.1 Å². The lowest BCUT2D eigenvalue weighted by Gasteiger charge is -2.27. The van der Waals surface area contributed by atoms with Gasteiger partial charge in [0.25, 0.3) is 0 Å². The predicted octanol–water partition coefficient (Wildman–Crippen LogP) is 1.95. The highest BCUT2D eigenvalue weighted by molar-refractivity contribution is 5.34. The van der Waals surface area contributed by atoms with Gasteiger partial charge in [0.2, 0.25) is 0 Å². The van der Waals surface area contributed by atoms with Crippen LogP contribution in [0.5, 0.6) is 0 Å². The lowest BCUT2D eigenvalue weighted by atomic mass is 9.99. The molecule has 1 aromatic carbocycles. The number of halogens is 1. The van der Waals surface area contributed by atoms with Crippen LogP contribution in [0.4, 0.5) is 4.39 Å². The minimum Gasteiger partial charge on any atom is -0.394 e. The number of aliphatic hydroxyl groups excluding tert-OH is 1. The SMILES string of the molecule is CCC(C)(CO)NCc1ccc(F)c(C#N)c1. The van der Waals surface area contributed by atoms with E-state index in [1.807, 2.05) is 19.9 Å². The summed E-state index contributed by atoms with van der Waals surface area (Å²) in [5.41, 5.74) is 0.531. The van der Waals surface area contributed by atoms with Crippen molar-refractivity contribution in [1.29, 1.82) is 5.26 Å². The topological polar surface area (TPSA) is 56.0 Å². The molecule has 0 saturated carbocycles. The molecule has 4 heteroatoms. The Labute approximate surface area is 101 Å². The Morgan fingerprint density at radius 2 is 2.24 bits per heavy atom. The largest absolute Gasteiger partial charge is 0.394 e. The van der Waals surface area contributed by atoms with Gasteiger partial charge in [0.15, 0.2) is 0 Å². The third-order valence-corrected chi connectivity index (χ3v) is 3.00. The summed E-state index contributed by atoms with van der Waals surface area (Å²) in [6.45, 7) is 4.44. The van der Waals surface area contributed by atoms with Crippen molar-refractivity contribution in [2.75, 3.05) is 6.61 Å². The van der Waals surface area contributed by atoms with E-state index in [1.165, 1.54) is 12.1 Å². The molecule has 1 aromatic rings. The van der Waals surface area contributed by atoms with E-state index in [-0.39, 0.29) is 17.7 Å². The second-order valence-corrected chi connectivity index (χ2v) is 4.35. The van der Waals surface area contributed by atoms with Gasteiger partial charge in [-0.05, 0) is 31.0 Å². The first-order valence-electron chi connectivity index (χ1n) is 5.59. The average molecular weight is 236 g/mol. The highest BCUT2D eigenvalue weighted by Crippen LogP contribution is 2.12. The summed E-state index contributed by atoms with van der Waals surface area (Å²) in [5.74, 6) is -0.503. The number of aliphatic hydroxyl groups is 1. The molecule has 0 spiro atoms. The van der Waals surface area contributed by atoms with Crippen molar-refractivity contribution in [2.45, 2.75) is 32.4 Å². The summed E-state index contributed by atoms with van der Waals surface area (Å²) in [4.78, 5) is 0. The fourth-order valence-corrected chi connectivity index (χ4v) is 1.38. The second-order valence-electron chi connectivity index (χ2n) is 4.35. The van der Waals surface area contributed by atoms with Crippen molar-refractivity contribution < 1.29 is 9.50 Å². The maximum absolute atomic E-state index is 13.1. The Morgan fingerprint density at radius 1 is 1.53 bits per heavy atom. The predicted molar refractivity (Wildman–Crippen MR) is 63.7 cm³/mol. The number of nitrogens with zero attached hydrogens (tertiary/aromatic N) is 1. The molecule has 0 amide bonds. The number of nitriles is 1. The normalized spacial score (nSPS) is 14.1. The smallest absolute Gasteiger partial charge is 0.140 e. The van der Waals surface area contributed by atoms with Crippen LogP contribution < -0.4 is 5.32 Å². The molecule has 1 unspecified atom stereocenters. The summed E-state index contributed by atoms with van der Waals surface area (Å²) >= 11 is 0. The molecule has 1 atom stereocenters. The van der Waals surface area contributed by atoms with Crippen LogP contribution in [0.15, 0.2) is 18.2 Å². The summed E-state index contributed by atoms with van der Waals surface area (Å²) in [6.07, 6.45) is 0.788. The number of rotatable bonds is 5. The van der Waals surface area contributed by atoms with Gasteiger partial charge in [-0.2, -0.15) is 5.26 Å². The fourth-order valence-electron chi connectivity index (χ4n) is 1.38. The van der Waals surface area contributed by atoms with E-state index in [9.17, 15) is 9.50 Å². The van der Waals surface area contributed by atoms with Crippen LogP contribution in [-0.2, 0) is 6.54 Å². The maximum atomic E-state index is 13.1. The molecule has 0 fully saturated rings. The molecule has 0 aliphatic carbocycles. The third kappa shape index (κ3) is 3.52. The van der Waals surface area contributed by atoms with E-state index in [4.69, 9.17) is 5.26 Å². The van der Waals surface area contributed by atoms with Crippen LogP contribution in [0.1, 0.15) is 31.4 Å². The second kappa shape index (κ2) is 5.76. The van der Waals surface area contributed by atoms with Crippen LogP contribution in [0.2, 0.25) is 0 Å². The minimum absolute atomic E-state index is 0.0375. The summed E-state index contributed by atoms with van der Waals surface area (Å²) in [6, 6.07) is 6.26. The lowest BCUT2D eigenvalue weighted by Crippen LogP contribution is -2.44. The van der Waals surface area contributed by atoms with Gasteiger partial charge < -0.3 is 10.4 Å². The summed E-state index contributed by atoms with van der Waals surface area (Å²) in [7, 11) is 0. The van der Waals surface area contributed by atoms with Crippen molar-refractivity contribution in [3.8, 4) is 6.07 Å². The number of hydrogen-bond acceptors (Lipinski definition) is 3. The molecule has 17 heavy (non-hydrogen) atoms. The van der Waals surface area contributed by atoms with E-state index in [2.05, 4.69) is 5.32 Å². The highest BCUT2D eigenvalue weighted by Gasteiger charge is 2.19. The van der Waals surface area contributed by atoms with Crippen molar-refractivity contribution in [1.82, 2.24) is 5.32 Å². The quantitative estimate of drug-likeness (QED) is 0.821. The lowest BCUT2D eigenvalue weighted by molar-refractivity contribution is 0.169. The number of nitrogens with one attached hydrogen (secondary N) is 1. The van der Waals surface area contributed by atoms with Gasteiger partial charge in [-0.3, -0.25) is 0 Å². The van der Waals surface area contributed by atoms with E-state index in [0.717, 1.165) is 12.0 Å². The van der Waals surface area contributed by atoms with Crippen molar-refractivity contribution >= 4 is 0 Å². The van der Waals surface area contributed by atoms with Gasteiger partial charge in [-0.1, -0.05) is 13.0 Å². The van der Waals surface area contributed by atoms with Crippen LogP contribution >= 0.6 is 0 Å². The van der Waals surface area contributed by atoms with Crippen LogP contribution in [0.3, 0.4) is 0 Å². The van der Waals surface area contributed by atoms with Crippen LogP contribution in [0, 0.1) is 17.1 Å². The highest BCUT2D eigenvalue weighted by atomic mass is 19.1. The van der Waals surface area contributed by atoms with Gasteiger partial charge in [-0.15, -0.1) is 0 Å². The minimum atomic E-state index is -0.503. The van der Waals surface area contributed by atoms with Crippen LogP contribution in [-0.4, -0.2) is 17.3 Å². The fraction of sp³-hybridized carbons (Fsp3) is 0.462. The molecule has 92 valence electrons. The molecular formula is C13H17FN2O. The number of hydrogen-bond donors (Lipinski definition) is 2. The van der Waals surface area contributed by atoms with Gasteiger partial charge in [0.1, 0.15) is 11.9 Å². The van der Waals surface area contributed by atoms with Gasteiger partial charge >= 0.3 is 0 Å². The zero-order valence-corrected chi connectivity index (χ0v) is 10.1. The average Bonchev–Trinajstić information content (AvgIpc) is 2.37. The molecule has 0 aliphatic heterocycles. The maximum Gasteiger partial charge on any atom is 0.140 e. The molecule has 0 saturated heterocycles. The Balaban J connectivity index is 2.74. The Hall–Kier alpha value is -1.44. The van der Waals surface area contributed by atoms with Crippen molar-refractivity contribution in [3.05, 3.63) is 35.1 Å². The molecule has 2 N–H and O–H groups in total. The number of benzene rings is 1. The third-order valence-electron chi connectivity index (χ3n) is 3.00. The molecule has 1 rings (SSSR count). The Bertz CT molecular complexity index is 422. The molecule has 3 nitrogen and oxygen atoms in total.